The second kappa shape index (κ2) is 7.39. The summed E-state index contributed by atoms with van der Waals surface area (Å²) in [6.07, 6.45) is 0. The molecule has 0 N–H and O–H groups in total. The van der Waals surface area contributed by atoms with Gasteiger partial charge in [-0.15, -0.1) is 0 Å². The molecule has 2 aromatic rings. The van der Waals surface area contributed by atoms with Crippen LogP contribution in [0.25, 0.3) is 0 Å². The Hall–Kier alpha value is -1.89. The molecule has 2 aromatic carbocycles. The van der Waals surface area contributed by atoms with Crippen molar-refractivity contribution in [3.05, 3.63) is 64.2 Å². The van der Waals surface area contributed by atoms with Crippen molar-refractivity contribution in [1.29, 1.82) is 0 Å². The van der Waals surface area contributed by atoms with Gasteiger partial charge in [0.15, 0.2) is 0 Å². The average Bonchev–Trinajstić information content (AvgIpc) is 2.63. The lowest BCUT2D eigenvalue weighted by molar-refractivity contribution is 0.0698. The molecule has 1 aliphatic heterocycles. The van der Waals surface area contributed by atoms with Gasteiger partial charge in [-0.1, -0.05) is 23.7 Å². The van der Waals surface area contributed by atoms with E-state index < -0.39 is 10.0 Å². The molecule has 0 aliphatic carbocycles. The maximum atomic E-state index is 12.7. The minimum Gasteiger partial charge on any atom is -0.336 e. The fraction of sp³-hybridized carbons (Fsp3) is 0.316. The molecule has 0 atom stereocenters. The highest BCUT2D eigenvalue weighted by molar-refractivity contribution is 7.89. The maximum absolute atomic E-state index is 12.7. The van der Waals surface area contributed by atoms with Crippen molar-refractivity contribution in [3.8, 4) is 0 Å². The Labute approximate surface area is 159 Å². The monoisotopic (exact) mass is 392 g/mol. The Kier molecular flexibility index (Phi) is 5.37. The first-order chi connectivity index (χ1) is 12.3. The Morgan fingerprint density at radius 2 is 1.65 bits per heavy atom. The van der Waals surface area contributed by atoms with Gasteiger partial charge in [-0.2, -0.15) is 4.31 Å². The number of amides is 1. The summed E-state index contributed by atoms with van der Waals surface area (Å²) in [5.74, 6) is -0.0621. The van der Waals surface area contributed by atoms with Gasteiger partial charge in [-0.3, -0.25) is 4.79 Å². The Morgan fingerprint density at radius 3 is 2.27 bits per heavy atom. The zero-order valence-electron chi connectivity index (χ0n) is 14.8. The molecular formula is C19H21ClN2O3S. The number of halogens is 1. The number of hydrogen-bond donors (Lipinski definition) is 0. The summed E-state index contributed by atoms with van der Waals surface area (Å²) in [6.45, 7) is 5.25. The number of hydrogen-bond acceptors (Lipinski definition) is 3. The Bertz CT molecular complexity index is 936. The molecule has 1 fully saturated rings. The van der Waals surface area contributed by atoms with Gasteiger partial charge in [-0.05, 0) is 55.3 Å². The fourth-order valence-corrected chi connectivity index (χ4v) is 4.69. The summed E-state index contributed by atoms with van der Waals surface area (Å²) in [5.41, 5.74) is 2.84. The Morgan fingerprint density at radius 1 is 0.962 bits per heavy atom. The van der Waals surface area contributed by atoms with E-state index in [4.69, 9.17) is 11.6 Å². The summed E-state index contributed by atoms with van der Waals surface area (Å²) >= 11 is 5.91. The van der Waals surface area contributed by atoms with E-state index in [2.05, 4.69) is 0 Å². The first-order valence-electron chi connectivity index (χ1n) is 8.41. The van der Waals surface area contributed by atoms with Gasteiger partial charge in [-0.25, -0.2) is 8.42 Å². The van der Waals surface area contributed by atoms with Crippen molar-refractivity contribution in [2.24, 2.45) is 0 Å². The lowest BCUT2D eigenvalue weighted by atomic mass is 10.1. The highest BCUT2D eigenvalue weighted by Crippen LogP contribution is 2.21. The molecule has 26 heavy (non-hydrogen) atoms. The molecule has 0 radical (unpaired) electrons. The van der Waals surface area contributed by atoms with Crippen LogP contribution in [0.4, 0.5) is 0 Å². The number of benzene rings is 2. The third kappa shape index (κ3) is 3.77. The number of piperazine rings is 1. The second-order valence-electron chi connectivity index (χ2n) is 6.45. The largest absolute Gasteiger partial charge is 0.336 e. The third-order valence-electron chi connectivity index (χ3n) is 4.71. The van der Waals surface area contributed by atoms with Gasteiger partial charge in [0.05, 0.1) is 4.90 Å². The molecule has 1 aliphatic rings. The van der Waals surface area contributed by atoms with Gasteiger partial charge in [0, 0.05) is 36.8 Å². The molecule has 1 saturated heterocycles. The molecule has 5 nitrogen and oxygen atoms in total. The van der Waals surface area contributed by atoms with Crippen LogP contribution in [0.1, 0.15) is 21.5 Å². The van der Waals surface area contributed by atoms with Crippen LogP contribution in [0.15, 0.2) is 47.4 Å². The van der Waals surface area contributed by atoms with Gasteiger partial charge in [0.25, 0.3) is 5.91 Å². The zero-order chi connectivity index (χ0) is 18.9. The van der Waals surface area contributed by atoms with Crippen molar-refractivity contribution < 1.29 is 13.2 Å². The van der Waals surface area contributed by atoms with Crippen LogP contribution < -0.4 is 0 Å². The average molecular weight is 393 g/mol. The molecule has 1 heterocycles. The molecule has 3 rings (SSSR count). The molecule has 0 aromatic heterocycles. The van der Waals surface area contributed by atoms with E-state index in [-0.39, 0.29) is 23.9 Å². The predicted octanol–water partition coefficient (Wildman–Crippen LogP) is 3.10. The van der Waals surface area contributed by atoms with Crippen molar-refractivity contribution >= 4 is 27.5 Å². The number of nitrogens with zero attached hydrogens (tertiary/aromatic N) is 2. The molecule has 0 saturated carbocycles. The summed E-state index contributed by atoms with van der Waals surface area (Å²) in [5, 5.41) is 0.384. The number of sulfonamides is 1. The highest BCUT2D eigenvalue weighted by Gasteiger charge is 2.30. The maximum Gasteiger partial charge on any atom is 0.253 e. The highest BCUT2D eigenvalue weighted by atomic mass is 35.5. The predicted molar refractivity (Wildman–Crippen MR) is 102 cm³/mol. The topological polar surface area (TPSA) is 57.7 Å². The quantitative estimate of drug-likeness (QED) is 0.806. The minimum atomic E-state index is -3.60. The van der Waals surface area contributed by atoms with Gasteiger partial charge in [0.2, 0.25) is 10.0 Å². The molecular weight excluding hydrogens is 372 g/mol. The second-order valence-corrected chi connectivity index (χ2v) is 8.83. The lowest BCUT2D eigenvalue weighted by Gasteiger charge is -2.34. The van der Waals surface area contributed by atoms with Crippen LogP contribution in [0.5, 0.6) is 0 Å². The Balaban J connectivity index is 1.70. The van der Waals surface area contributed by atoms with Crippen LogP contribution in [-0.4, -0.2) is 49.7 Å². The molecule has 138 valence electrons. The summed E-state index contributed by atoms with van der Waals surface area (Å²) < 4.78 is 26.9. The SMILES string of the molecule is Cc1ccc(C(=O)N2CCN(S(=O)(=O)c3cccc(Cl)c3)CC2)cc1C. The normalized spacial score (nSPS) is 15.9. The van der Waals surface area contributed by atoms with E-state index in [0.717, 1.165) is 11.1 Å². The van der Waals surface area contributed by atoms with Crippen LogP contribution >= 0.6 is 11.6 Å². The van der Waals surface area contributed by atoms with Gasteiger partial charge in [0.1, 0.15) is 0 Å². The number of carbonyl (C=O) groups excluding carboxylic acids is 1. The zero-order valence-corrected chi connectivity index (χ0v) is 16.3. The van der Waals surface area contributed by atoms with Crippen molar-refractivity contribution in [2.45, 2.75) is 18.7 Å². The van der Waals surface area contributed by atoms with Crippen molar-refractivity contribution in [3.63, 3.8) is 0 Å². The third-order valence-corrected chi connectivity index (χ3v) is 6.84. The lowest BCUT2D eigenvalue weighted by Crippen LogP contribution is -2.50. The van der Waals surface area contributed by atoms with Crippen LogP contribution in [-0.2, 0) is 10.0 Å². The minimum absolute atomic E-state index is 0.0621. The molecule has 1 amide bonds. The summed E-state index contributed by atoms with van der Waals surface area (Å²) in [6, 6.07) is 11.9. The number of carbonyl (C=O) groups is 1. The summed E-state index contributed by atoms with van der Waals surface area (Å²) in [4.78, 5) is 14.6. The van der Waals surface area contributed by atoms with Crippen LogP contribution in [0.2, 0.25) is 5.02 Å². The smallest absolute Gasteiger partial charge is 0.253 e. The first kappa shape index (κ1) is 18.9. The van der Waals surface area contributed by atoms with E-state index in [1.807, 2.05) is 32.0 Å². The van der Waals surface area contributed by atoms with E-state index in [1.165, 1.54) is 16.4 Å². The fourth-order valence-electron chi connectivity index (χ4n) is 2.97. The van der Waals surface area contributed by atoms with E-state index in [0.29, 0.717) is 23.7 Å². The van der Waals surface area contributed by atoms with Crippen molar-refractivity contribution in [1.82, 2.24) is 9.21 Å². The van der Waals surface area contributed by atoms with Gasteiger partial charge < -0.3 is 4.90 Å². The van der Waals surface area contributed by atoms with Crippen molar-refractivity contribution in [2.75, 3.05) is 26.2 Å². The molecule has 0 bridgehead atoms. The number of rotatable bonds is 3. The van der Waals surface area contributed by atoms with E-state index in [9.17, 15) is 13.2 Å². The first-order valence-corrected chi connectivity index (χ1v) is 10.2. The molecule has 0 spiro atoms. The molecule has 0 unspecified atom stereocenters. The standard InChI is InChI=1S/C19H21ClN2O3S/c1-14-6-7-16(12-15(14)2)19(23)21-8-10-22(11-9-21)26(24,25)18-5-3-4-17(20)13-18/h3-7,12-13H,8-11H2,1-2H3. The van der Waals surface area contributed by atoms with Crippen LogP contribution in [0.3, 0.4) is 0 Å². The van der Waals surface area contributed by atoms with E-state index in [1.54, 1.807) is 17.0 Å². The van der Waals surface area contributed by atoms with E-state index >= 15 is 0 Å². The van der Waals surface area contributed by atoms with Gasteiger partial charge >= 0.3 is 0 Å². The van der Waals surface area contributed by atoms with Crippen LogP contribution in [0, 0.1) is 13.8 Å². The summed E-state index contributed by atoms with van der Waals surface area (Å²) in [7, 11) is -3.60. The molecule has 7 heteroatoms. The number of aryl methyl sites for hydroxylation is 2.